The molecule has 0 radical (unpaired) electrons. The second-order valence-electron chi connectivity index (χ2n) is 9.75. The molecule has 2 aliphatic heterocycles. The molecule has 2 aromatic rings. The highest BCUT2D eigenvalue weighted by atomic mass is 35.5. The Hall–Kier alpha value is -2.81. The fourth-order valence-electron chi connectivity index (χ4n) is 4.77. The Morgan fingerprint density at radius 1 is 1.12 bits per heavy atom. The summed E-state index contributed by atoms with van der Waals surface area (Å²) in [4.78, 5) is 51.4. The Bertz CT molecular complexity index is 1180. The lowest BCUT2D eigenvalue weighted by Gasteiger charge is -2.34. The third kappa shape index (κ3) is 4.38. The highest BCUT2D eigenvalue weighted by molar-refractivity contribution is 6.32. The molecule has 3 amide bonds. The number of halogens is 1. The van der Waals surface area contributed by atoms with E-state index < -0.39 is 17.6 Å². The summed E-state index contributed by atoms with van der Waals surface area (Å²) in [5.74, 6) is -0.754. The number of aromatic nitrogens is 2. The van der Waals surface area contributed by atoms with E-state index in [-0.39, 0.29) is 36.4 Å². The summed E-state index contributed by atoms with van der Waals surface area (Å²) < 4.78 is 8.48. The fourth-order valence-corrected chi connectivity index (χ4v) is 5.08. The maximum Gasteiger partial charge on any atom is 0.410 e. The minimum absolute atomic E-state index is 0.0445. The number of hydrogen-bond acceptors (Lipinski definition) is 5. The van der Waals surface area contributed by atoms with Gasteiger partial charge in [0.05, 0.1) is 11.0 Å². The van der Waals surface area contributed by atoms with Gasteiger partial charge < -0.3 is 9.64 Å². The van der Waals surface area contributed by atoms with Crippen LogP contribution in [0, 0.1) is 0 Å². The SMILES string of the molecule is Cn1c(=O)n(C2CCC(=O)NC2=O)c2ccc(Cl)c(C3CCN(C(=O)OC(C)(C)C)CC3)c21. The molecule has 2 aliphatic rings. The average Bonchev–Trinajstić information content (AvgIpc) is 2.98. The van der Waals surface area contributed by atoms with E-state index in [4.69, 9.17) is 16.3 Å². The van der Waals surface area contributed by atoms with Crippen molar-refractivity contribution in [3.8, 4) is 0 Å². The largest absolute Gasteiger partial charge is 0.444 e. The van der Waals surface area contributed by atoms with E-state index in [1.54, 1.807) is 24.1 Å². The van der Waals surface area contributed by atoms with Crippen LogP contribution in [0.25, 0.3) is 11.0 Å². The minimum atomic E-state index is -0.748. The zero-order valence-electron chi connectivity index (χ0n) is 19.3. The van der Waals surface area contributed by atoms with Crippen LogP contribution in [0.5, 0.6) is 0 Å². The number of ether oxygens (including phenoxy) is 1. The van der Waals surface area contributed by atoms with Gasteiger partial charge in [0.2, 0.25) is 11.8 Å². The minimum Gasteiger partial charge on any atom is -0.444 e. The first-order valence-corrected chi connectivity index (χ1v) is 11.6. The monoisotopic (exact) mass is 476 g/mol. The van der Waals surface area contributed by atoms with Gasteiger partial charge in [-0.15, -0.1) is 0 Å². The van der Waals surface area contributed by atoms with Gasteiger partial charge in [-0.2, -0.15) is 0 Å². The van der Waals surface area contributed by atoms with Gasteiger partial charge in [0.15, 0.2) is 0 Å². The molecule has 10 heteroatoms. The van der Waals surface area contributed by atoms with Gasteiger partial charge >= 0.3 is 11.8 Å². The van der Waals surface area contributed by atoms with Crippen molar-refractivity contribution >= 4 is 40.5 Å². The fraction of sp³-hybridized carbons (Fsp3) is 0.565. The van der Waals surface area contributed by atoms with Crippen molar-refractivity contribution in [3.05, 3.63) is 33.2 Å². The first kappa shape index (κ1) is 23.4. The van der Waals surface area contributed by atoms with Crippen LogP contribution in [0.15, 0.2) is 16.9 Å². The molecule has 1 unspecified atom stereocenters. The molecular weight excluding hydrogens is 448 g/mol. The third-order valence-corrected chi connectivity index (χ3v) is 6.64. The molecule has 0 spiro atoms. The summed E-state index contributed by atoms with van der Waals surface area (Å²) >= 11 is 6.64. The van der Waals surface area contributed by atoms with Crippen LogP contribution >= 0.6 is 11.6 Å². The van der Waals surface area contributed by atoms with Crippen molar-refractivity contribution < 1.29 is 19.1 Å². The Morgan fingerprint density at radius 3 is 2.39 bits per heavy atom. The number of imidazole rings is 1. The number of hydrogen-bond donors (Lipinski definition) is 1. The normalized spacial score (nSPS) is 20.3. The predicted molar refractivity (Wildman–Crippen MR) is 123 cm³/mol. The van der Waals surface area contributed by atoms with Gasteiger partial charge in [0.25, 0.3) is 0 Å². The van der Waals surface area contributed by atoms with Crippen LogP contribution in [0.1, 0.15) is 64.0 Å². The van der Waals surface area contributed by atoms with Gasteiger partial charge in [-0.3, -0.25) is 24.0 Å². The quantitative estimate of drug-likeness (QED) is 0.671. The number of aryl methyl sites for hydroxylation is 1. The van der Waals surface area contributed by atoms with Gasteiger partial charge in [-0.1, -0.05) is 11.6 Å². The average molecular weight is 477 g/mol. The van der Waals surface area contributed by atoms with Crippen molar-refractivity contribution in [1.29, 1.82) is 0 Å². The van der Waals surface area contributed by atoms with Crippen molar-refractivity contribution in [3.63, 3.8) is 0 Å². The number of carbonyl (C=O) groups excluding carboxylic acids is 3. The molecule has 2 fully saturated rings. The van der Waals surface area contributed by atoms with Crippen LogP contribution in [0.2, 0.25) is 5.02 Å². The smallest absolute Gasteiger partial charge is 0.410 e. The van der Waals surface area contributed by atoms with E-state index in [9.17, 15) is 19.2 Å². The number of benzene rings is 1. The zero-order valence-corrected chi connectivity index (χ0v) is 20.1. The van der Waals surface area contributed by atoms with Crippen molar-refractivity contribution in [1.82, 2.24) is 19.4 Å². The molecule has 0 bridgehead atoms. The second-order valence-corrected chi connectivity index (χ2v) is 10.2. The van der Waals surface area contributed by atoms with E-state index in [1.165, 1.54) is 9.13 Å². The molecule has 178 valence electrons. The summed E-state index contributed by atoms with van der Waals surface area (Å²) in [7, 11) is 1.67. The second kappa shape index (κ2) is 8.52. The van der Waals surface area contributed by atoms with Crippen LogP contribution in [0.4, 0.5) is 4.79 Å². The lowest BCUT2D eigenvalue weighted by Crippen LogP contribution is -2.44. The number of carbonyl (C=O) groups is 3. The van der Waals surface area contributed by atoms with Crippen LogP contribution in [0.3, 0.4) is 0 Å². The highest BCUT2D eigenvalue weighted by Gasteiger charge is 2.34. The molecule has 9 nitrogen and oxygen atoms in total. The number of amides is 3. The van der Waals surface area contributed by atoms with E-state index in [2.05, 4.69) is 5.32 Å². The zero-order chi connectivity index (χ0) is 24.1. The van der Waals surface area contributed by atoms with Gasteiger partial charge in [0.1, 0.15) is 11.6 Å². The van der Waals surface area contributed by atoms with Crippen molar-refractivity contribution in [2.45, 2.75) is 64.0 Å². The summed E-state index contributed by atoms with van der Waals surface area (Å²) in [6, 6.07) is 2.76. The third-order valence-electron chi connectivity index (χ3n) is 6.31. The van der Waals surface area contributed by atoms with Gasteiger partial charge in [-0.25, -0.2) is 9.59 Å². The lowest BCUT2D eigenvalue weighted by atomic mass is 9.88. The van der Waals surface area contributed by atoms with E-state index >= 15 is 0 Å². The topological polar surface area (TPSA) is 103 Å². The molecule has 1 N–H and O–H groups in total. The van der Waals surface area contributed by atoms with Crippen LogP contribution < -0.4 is 11.0 Å². The molecule has 2 saturated heterocycles. The number of nitrogens with one attached hydrogen (secondary N) is 1. The van der Waals surface area contributed by atoms with Gasteiger partial charge in [0, 0.05) is 31.6 Å². The molecule has 4 rings (SSSR count). The number of likely N-dealkylation sites (tertiary alicyclic amines) is 1. The Labute approximate surface area is 196 Å². The summed E-state index contributed by atoms with van der Waals surface area (Å²) in [5.41, 5.74) is 1.27. The molecule has 0 saturated carbocycles. The molecule has 1 atom stereocenters. The summed E-state index contributed by atoms with van der Waals surface area (Å²) in [6.07, 6.45) is 1.48. The van der Waals surface area contributed by atoms with Crippen molar-refractivity contribution in [2.24, 2.45) is 7.05 Å². The first-order valence-electron chi connectivity index (χ1n) is 11.2. The molecule has 1 aromatic carbocycles. The Morgan fingerprint density at radius 2 is 1.79 bits per heavy atom. The maximum atomic E-state index is 13.2. The number of imide groups is 1. The Kier molecular flexibility index (Phi) is 6.03. The number of rotatable bonds is 2. The number of fused-ring (bicyclic) bond motifs is 1. The van der Waals surface area contributed by atoms with Crippen LogP contribution in [-0.4, -0.2) is 50.6 Å². The molecular formula is C23H29ClN4O5. The molecule has 0 aliphatic carbocycles. The number of nitrogens with zero attached hydrogens (tertiary/aromatic N) is 3. The molecule has 1 aromatic heterocycles. The van der Waals surface area contributed by atoms with E-state index in [1.807, 2.05) is 20.8 Å². The standard InChI is InChI=1S/C23H29ClN4O5/c1-23(2,3)33-22(32)27-11-9-13(10-12-27)18-14(24)5-6-15-19(18)26(4)21(31)28(15)16-7-8-17(29)25-20(16)30/h5-6,13,16H,7-12H2,1-4H3,(H,25,29,30). The highest BCUT2D eigenvalue weighted by Crippen LogP contribution is 2.38. The van der Waals surface area contributed by atoms with E-state index in [0.717, 1.165) is 5.56 Å². The van der Waals surface area contributed by atoms with Gasteiger partial charge in [-0.05, 0) is 63.6 Å². The van der Waals surface area contributed by atoms with Crippen molar-refractivity contribution in [2.75, 3.05) is 13.1 Å². The predicted octanol–water partition coefficient (Wildman–Crippen LogP) is 3.09. The number of piperidine rings is 2. The summed E-state index contributed by atoms with van der Waals surface area (Å²) in [6.45, 7) is 6.56. The lowest BCUT2D eigenvalue weighted by molar-refractivity contribution is -0.135. The Balaban J connectivity index is 1.67. The van der Waals surface area contributed by atoms with E-state index in [0.29, 0.717) is 42.0 Å². The molecule has 3 heterocycles. The maximum absolute atomic E-state index is 13.2. The molecule has 33 heavy (non-hydrogen) atoms. The first-order chi connectivity index (χ1) is 15.5. The summed E-state index contributed by atoms with van der Waals surface area (Å²) in [5, 5.41) is 2.88. The van der Waals surface area contributed by atoms with Crippen LogP contribution in [-0.2, 0) is 21.4 Å².